The number of amides is 1. The van der Waals surface area contributed by atoms with Crippen LogP contribution in [0.25, 0.3) is 0 Å². The zero-order valence-electron chi connectivity index (χ0n) is 3.64. The molecule has 0 aromatic carbocycles. The lowest BCUT2D eigenvalue weighted by Crippen LogP contribution is -1.79. The van der Waals surface area contributed by atoms with Gasteiger partial charge < -0.3 is 0 Å². The molecule has 0 spiro atoms. The molecule has 0 unspecified atom stereocenters. The first-order valence-corrected chi connectivity index (χ1v) is 1.59. The summed E-state index contributed by atoms with van der Waals surface area (Å²) in [7, 11) is 0. The maximum atomic E-state index is 9.81. The van der Waals surface area contributed by atoms with Gasteiger partial charge in [0, 0.05) is 13.1 Å². The van der Waals surface area contributed by atoms with Gasteiger partial charge in [-0.1, -0.05) is 0 Å². The van der Waals surface area contributed by atoms with Crippen LogP contribution in [0.4, 0.5) is 0 Å². The van der Waals surface area contributed by atoms with Crippen LogP contribution in [-0.4, -0.2) is 12.1 Å². The molecule has 0 saturated heterocycles. The Balaban J connectivity index is 3.30. The SMILES string of the molecule is [CH2]/C=N/C(C)=O. The van der Waals surface area contributed by atoms with E-state index in [0.717, 1.165) is 0 Å². The van der Waals surface area contributed by atoms with Gasteiger partial charge >= 0.3 is 0 Å². The fraction of sp³-hybridized carbons (Fsp3) is 0.250. The number of hydrogen-bond acceptors (Lipinski definition) is 1. The molecular weight excluding hydrogens is 78.0 g/mol. The normalized spacial score (nSPS) is 9.67. The molecule has 0 aliphatic rings. The highest BCUT2D eigenvalue weighted by Crippen LogP contribution is 1.63. The van der Waals surface area contributed by atoms with Crippen LogP contribution >= 0.6 is 0 Å². The highest BCUT2D eigenvalue weighted by Gasteiger charge is 1.73. The summed E-state index contributed by atoms with van der Waals surface area (Å²) >= 11 is 0. The monoisotopic (exact) mass is 84.0 g/mol. The quantitative estimate of drug-likeness (QED) is 0.391. The molecule has 0 N–H and O–H groups in total. The number of rotatable bonds is 0. The van der Waals surface area contributed by atoms with Crippen LogP contribution < -0.4 is 0 Å². The van der Waals surface area contributed by atoms with E-state index < -0.39 is 0 Å². The second-order valence-electron chi connectivity index (χ2n) is 0.831. The fourth-order valence-electron chi connectivity index (χ4n) is 0.129. The number of hydrogen-bond donors (Lipinski definition) is 0. The standard InChI is InChI=1S/C4H6NO/c1-3-5-4(2)6/h3H,1H2,2H3/b5-3+. The Kier molecular flexibility index (Phi) is 2.29. The van der Waals surface area contributed by atoms with Gasteiger partial charge in [-0.05, 0) is 6.92 Å². The summed E-state index contributed by atoms with van der Waals surface area (Å²) in [6.07, 6.45) is 1.22. The maximum absolute atomic E-state index is 9.81. The number of aliphatic imine (C=N–C) groups is 1. The minimum Gasteiger partial charge on any atom is -0.273 e. The number of carbonyl (C=O) groups is 1. The lowest BCUT2D eigenvalue weighted by molar-refractivity contribution is -0.115. The van der Waals surface area contributed by atoms with Gasteiger partial charge in [0.1, 0.15) is 0 Å². The van der Waals surface area contributed by atoms with Gasteiger partial charge in [0.05, 0.1) is 0 Å². The second kappa shape index (κ2) is 2.57. The molecule has 0 aromatic heterocycles. The minimum atomic E-state index is -0.204. The van der Waals surface area contributed by atoms with Crippen molar-refractivity contribution < 1.29 is 4.79 Å². The van der Waals surface area contributed by atoms with E-state index in [1.807, 2.05) is 0 Å². The van der Waals surface area contributed by atoms with Crippen molar-refractivity contribution in [2.75, 3.05) is 0 Å². The van der Waals surface area contributed by atoms with Crippen molar-refractivity contribution in [1.29, 1.82) is 0 Å². The topological polar surface area (TPSA) is 29.4 Å². The summed E-state index contributed by atoms with van der Waals surface area (Å²) in [6.45, 7) is 4.59. The first kappa shape index (κ1) is 5.34. The summed E-state index contributed by atoms with van der Waals surface area (Å²) in [5.74, 6) is -0.204. The van der Waals surface area contributed by atoms with E-state index in [4.69, 9.17) is 0 Å². The molecule has 2 nitrogen and oxygen atoms in total. The predicted octanol–water partition coefficient (Wildman–Crippen LogP) is 0.438. The van der Waals surface area contributed by atoms with Gasteiger partial charge in [-0.3, -0.25) is 4.79 Å². The van der Waals surface area contributed by atoms with Crippen molar-refractivity contribution in [3.05, 3.63) is 6.92 Å². The van der Waals surface area contributed by atoms with Crippen LogP contribution in [0.1, 0.15) is 6.92 Å². The van der Waals surface area contributed by atoms with E-state index in [-0.39, 0.29) is 5.91 Å². The highest BCUT2D eigenvalue weighted by molar-refractivity contribution is 5.84. The Bertz CT molecular complexity index is 75.6. The van der Waals surface area contributed by atoms with Crippen molar-refractivity contribution >= 4 is 12.1 Å². The molecule has 0 aliphatic heterocycles. The van der Waals surface area contributed by atoms with Gasteiger partial charge in [0.25, 0.3) is 0 Å². The van der Waals surface area contributed by atoms with E-state index in [2.05, 4.69) is 11.9 Å². The van der Waals surface area contributed by atoms with Gasteiger partial charge in [-0.2, -0.15) is 0 Å². The average molecular weight is 84.1 g/mol. The van der Waals surface area contributed by atoms with Crippen molar-refractivity contribution in [3.8, 4) is 0 Å². The van der Waals surface area contributed by atoms with E-state index in [9.17, 15) is 4.79 Å². The van der Waals surface area contributed by atoms with Gasteiger partial charge in [0.15, 0.2) is 0 Å². The Labute approximate surface area is 36.9 Å². The van der Waals surface area contributed by atoms with E-state index in [0.29, 0.717) is 0 Å². The summed E-state index contributed by atoms with van der Waals surface area (Å²) < 4.78 is 0. The largest absolute Gasteiger partial charge is 0.273 e. The molecule has 6 heavy (non-hydrogen) atoms. The van der Waals surface area contributed by atoms with E-state index in [1.54, 1.807) is 0 Å². The van der Waals surface area contributed by atoms with Crippen LogP contribution in [0, 0.1) is 6.92 Å². The zero-order valence-corrected chi connectivity index (χ0v) is 3.64. The van der Waals surface area contributed by atoms with Gasteiger partial charge in [-0.25, -0.2) is 4.99 Å². The predicted molar refractivity (Wildman–Crippen MR) is 24.5 cm³/mol. The third kappa shape index (κ3) is 3.34. The molecule has 0 heterocycles. The summed E-state index contributed by atoms with van der Waals surface area (Å²) in [5.41, 5.74) is 0. The Morgan fingerprint density at radius 3 is 2.50 bits per heavy atom. The molecule has 1 amide bonds. The maximum Gasteiger partial charge on any atom is 0.242 e. The molecule has 0 bridgehead atoms. The first-order chi connectivity index (χ1) is 2.77. The van der Waals surface area contributed by atoms with Crippen molar-refractivity contribution in [2.45, 2.75) is 6.92 Å². The Morgan fingerprint density at radius 2 is 2.50 bits per heavy atom. The van der Waals surface area contributed by atoms with Gasteiger partial charge in [0.2, 0.25) is 5.91 Å². The summed E-state index contributed by atoms with van der Waals surface area (Å²) in [6, 6.07) is 0. The number of carbonyl (C=O) groups excluding carboxylic acids is 1. The fourth-order valence-corrected chi connectivity index (χ4v) is 0.129. The molecular formula is C4H6NO. The second-order valence-corrected chi connectivity index (χ2v) is 0.831. The summed E-state index contributed by atoms with van der Waals surface area (Å²) in [4.78, 5) is 13.1. The van der Waals surface area contributed by atoms with E-state index in [1.165, 1.54) is 13.1 Å². The Hall–Kier alpha value is -0.660. The molecule has 0 atom stereocenters. The number of nitrogens with zero attached hydrogens (tertiary/aromatic N) is 1. The van der Waals surface area contributed by atoms with Crippen LogP contribution in [0.5, 0.6) is 0 Å². The van der Waals surface area contributed by atoms with Crippen molar-refractivity contribution in [3.63, 3.8) is 0 Å². The molecule has 2 heteroatoms. The van der Waals surface area contributed by atoms with Crippen LogP contribution in [-0.2, 0) is 4.79 Å². The first-order valence-electron chi connectivity index (χ1n) is 1.59. The molecule has 0 aromatic rings. The average Bonchev–Trinajstić information content (AvgIpc) is 1.35. The molecule has 1 radical (unpaired) electrons. The van der Waals surface area contributed by atoms with Crippen LogP contribution in [0.2, 0.25) is 0 Å². The Morgan fingerprint density at radius 1 is 2.00 bits per heavy atom. The third-order valence-corrected chi connectivity index (χ3v) is 0.273. The minimum absolute atomic E-state index is 0.204. The molecule has 0 rings (SSSR count). The van der Waals surface area contributed by atoms with Crippen LogP contribution in [0.15, 0.2) is 4.99 Å². The molecule has 33 valence electrons. The van der Waals surface area contributed by atoms with Crippen molar-refractivity contribution in [1.82, 2.24) is 0 Å². The van der Waals surface area contributed by atoms with Crippen LogP contribution in [0.3, 0.4) is 0 Å². The molecule has 0 saturated carbocycles. The molecule has 0 aliphatic carbocycles. The lowest BCUT2D eigenvalue weighted by atomic mass is 10.7. The van der Waals surface area contributed by atoms with Crippen molar-refractivity contribution in [2.24, 2.45) is 4.99 Å². The zero-order chi connectivity index (χ0) is 4.99. The van der Waals surface area contributed by atoms with Gasteiger partial charge in [-0.15, -0.1) is 0 Å². The third-order valence-electron chi connectivity index (χ3n) is 0.273. The summed E-state index contributed by atoms with van der Waals surface area (Å²) in [5, 5.41) is 0. The van der Waals surface area contributed by atoms with E-state index >= 15 is 0 Å². The smallest absolute Gasteiger partial charge is 0.242 e. The molecule has 0 fully saturated rings. The highest BCUT2D eigenvalue weighted by atomic mass is 16.1. The lowest BCUT2D eigenvalue weighted by Gasteiger charge is -1.69.